The average Bonchev–Trinajstić information content (AvgIpc) is 2.94. The Morgan fingerprint density at radius 1 is 0.952 bits per heavy atom. The molecule has 21 heavy (non-hydrogen) atoms. The number of hydrogen-bond acceptors (Lipinski definition) is 3. The summed E-state index contributed by atoms with van der Waals surface area (Å²) in [7, 11) is 0. The molecule has 0 bridgehead atoms. The number of benzene rings is 1. The molecule has 1 aromatic carbocycles. The zero-order chi connectivity index (χ0) is 14.3. The first-order chi connectivity index (χ1) is 10.4. The van der Waals surface area contributed by atoms with E-state index in [0.717, 1.165) is 6.54 Å². The van der Waals surface area contributed by atoms with Crippen LogP contribution in [0.4, 0.5) is 0 Å². The number of nitrogens with one attached hydrogen (secondary N) is 1. The van der Waals surface area contributed by atoms with Gasteiger partial charge in [-0.2, -0.15) is 0 Å². The molecule has 1 atom stereocenters. The lowest BCUT2D eigenvalue weighted by Gasteiger charge is -2.31. The Labute approximate surface area is 129 Å². The second-order valence-electron chi connectivity index (χ2n) is 6.49. The highest BCUT2D eigenvalue weighted by atomic mass is 15.2. The minimum Gasteiger partial charge on any atom is -0.315 e. The highest BCUT2D eigenvalue weighted by Gasteiger charge is 2.22. The molecule has 0 spiro atoms. The molecule has 116 valence electrons. The molecule has 0 aliphatic carbocycles. The highest BCUT2D eigenvalue weighted by molar-refractivity contribution is 5.16. The summed E-state index contributed by atoms with van der Waals surface area (Å²) >= 11 is 0. The zero-order valence-corrected chi connectivity index (χ0v) is 13.1. The van der Waals surface area contributed by atoms with Crippen molar-refractivity contribution in [2.75, 3.05) is 45.8 Å². The predicted molar refractivity (Wildman–Crippen MR) is 88.7 cm³/mol. The van der Waals surface area contributed by atoms with Crippen LogP contribution in [-0.2, 0) is 6.42 Å². The van der Waals surface area contributed by atoms with Crippen molar-refractivity contribution in [1.29, 1.82) is 0 Å². The van der Waals surface area contributed by atoms with Gasteiger partial charge in [0.1, 0.15) is 0 Å². The van der Waals surface area contributed by atoms with Crippen LogP contribution in [0.1, 0.15) is 24.8 Å². The Hall–Kier alpha value is -0.900. The molecular formula is C18H29N3. The molecule has 0 saturated carbocycles. The van der Waals surface area contributed by atoms with Gasteiger partial charge >= 0.3 is 0 Å². The van der Waals surface area contributed by atoms with Crippen molar-refractivity contribution < 1.29 is 0 Å². The predicted octanol–water partition coefficient (Wildman–Crippen LogP) is 1.99. The first-order valence-corrected chi connectivity index (χ1v) is 8.63. The lowest BCUT2D eigenvalue weighted by atomic mass is 10.0. The van der Waals surface area contributed by atoms with Gasteiger partial charge in [0.2, 0.25) is 0 Å². The fourth-order valence-electron chi connectivity index (χ4n) is 3.65. The number of rotatable bonds is 5. The van der Waals surface area contributed by atoms with Gasteiger partial charge in [0.15, 0.2) is 0 Å². The Morgan fingerprint density at radius 2 is 1.76 bits per heavy atom. The van der Waals surface area contributed by atoms with Crippen LogP contribution < -0.4 is 5.32 Å². The van der Waals surface area contributed by atoms with Gasteiger partial charge in [-0.25, -0.2) is 0 Å². The van der Waals surface area contributed by atoms with Crippen molar-refractivity contribution >= 4 is 0 Å². The van der Waals surface area contributed by atoms with Gasteiger partial charge in [0, 0.05) is 25.7 Å². The Kier molecular flexibility index (Phi) is 5.67. The first-order valence-electron chi connectivity index (χ1n) is 8.63. The lowest BCUT2D eigenvalue weighted by molar-refractivity contribution is 0.178. The average molecular weight is 287 g/mol. The summed E-state index contributed by atoms with van der Waals surface area (Å²) in [4.78, 5) is 5.36. The molecule has 3 rings (SSSR count). The summed E-state index contributed by atoms with van der Waals surface area (Å²) < 4.78 is 0. The van der Waals surface area contributed by atoms with E-state index < -0.39 is 0 Å². The van der Waals surface area contributed by atoms with Gasteiger partial charge < -0.3 is 10.2 Å². The molecule has 1 aromatic rings. The zero-order valence-electron chi connectivity index (χ0n) is 13.1. The van der Waals surface area contributed by atoms with E-state index in [9.17, 15) is 0 Å². The van der Waals surface area contributed by atoms with E-state index in [1.807, 2.05) is 0 Å². The smallest absolute Gasteiger partial charge is 0.0261 e. The quantitative estimate of drug-likeness (QED) is 0.893. The molecule has 3 nitrogen and oxygen atoms in total. The van der Waals surface area contributed by atoms with E-state index in [-0.39, 0.29) is 0 Å². The van der Waals surface area contributed by atoms with Crippen LogP contribution in [-0.4, -0.2) is 61.7 Å². The molecule has 2 aliphatic rings. The molecule has 2 saturated heterocycles. The molecule has 0 radical (unpaired) electrons. The van der Waals surface area contributed by atoms with Gasteiger partial charge in [-0.3, -0.25) is 4.90 Å². The van der Waals surface area contributed by atoms with Gasteiger partial charge in [-0.15, -0.1) is 0 Å². The Balaban J connectivity index is 1.57. The van der Waals surface area contributed by atoms with E-state index in [0.29, 0.717) is 6.04 Å². The molecular weight excluding hydrogens is 258 g/mol. The summed E-state index contributed by atoms with van der Waals surface area (Å²) in [6.45, 7) is 8.67. The molecule has 1 unspecified atom stereocenters. The van der Waals surface area contributed by atoms with Crippen LogP contribution >= 0.6 is 0 Å². The van der Waals surface area contributed by atoms with Crippen molar-refractivity contribution in [2.24, 2.45) is 0 Å². The monoisotopic (exact) mass is 287 g/mol. The van der Waals surface area contributed by atoms with E-state index in [4.69, 9.17) is 0 Å². The second kappa shape index (κ2) is 7.92. The van der Waals surface area contributed by atoms with Crippen molar-refractivity contribution in [3.05, 3.63) is 35.9 Å². The van der Waals surface area contributed by atoms with Gasteiger partial charge in [0.05, 0.1) is 0 Å². The fourth-order valence-corrected chi connectivity index (χ4v) is 3.65. The van der Waals surface area contributed by atoms with E-state index in [1.165, 1.54) is 70.5 Å². The number of nitrogens with zero attached hydrogens (tertiary/aromatic N) is 2. The first kappa shape index (κ1) is 15.0. The third-order valence-corrected chi connectivity index (χ3v) is 4.91. The summed E-state index contributed by atoms with van der Waals surface area (Å²) in [6.07, 6.45) is 5.25. The Bertz CT molecular complexity index is 400. The minimum atomic E-state index is 0.650. The second-order valence-corrected chi connectivity index (χ2v) is 6.49. The van der Waals surface area contributed by atoms with Crippen LogP contribution in [0.3, 0.4) is 0 Å². The van der Waals surface area contributed by atoms with Crippen molar-refractivity contribution in [3.63, 3.8) is 0 Å². The van der Waals surface area contributed by atoms with Crippen LogP contribution in [0.2, 0.25) is 0 Å². The highest BCUT2D eigenvalue weighted by Crippen LogP contribution is 2.13. The van der Waals surface area contributed by atoms with Crippen LogP contribution in [0, 0.1) is 0 Å². The topological polar surface area (TPSA) is 18.5 Å². The Morgan fingerprint density at radius 3 is 2.57 bits per heavy atom. The normalized spacial score (nSPS) is 25.0. The van der Waals surface area contributed by atoms with E-state index in [2.05, 4.69) is 45.4 Å². The van der Waals surface area contributed by atoms with Crippen molar-refractivity contribution in [2.45, 2.75) is 31.7 Å². The third kappa shape index (κ3) is 4.53. The van der Waals surface area contributed by atoms with Gasteiger partial charge in [-0.05, 0) is 57.4 Å². The molecule has 0 amide bonds. The standard InChI is InChI=1S/C18H29N3/c1-2-7-17(8-3-1)15-18-16-19-9-6-12-21(18)14-13-20-10-4-5-11-20/h1-3,7-8,18-19H,4-6,9-16H2. The van der Waals surface area contributed by atoms with E-state index >= 15 is 0 Å². The van der Waals surface area contributed by atoms with Crippen molar-refractivity contribution in [1.82, 2.24) is 15.1 Å². The van der Waals surface area contributed by atoms with Crippen LogP contribution in [0.5, 0.6) is 0 Å². The SMILES string of the molecule is c1ccc(CC2CNCCCN2CCN2CCCC2)cc1. The number of likely N-dealkylation sites (tertiary alicyclic amines) is 1. The summed E-state index contributed by atoms with van der Waals surface area (Å²) in [5.41, 5.74) is 1.47. The van der Waals surface area contributed by atoms with Crippen LogP contribution in [0.25, 0.3) is 0 Å². The maximum absolute atomic E-state index is 3.62. The summed E-state index contributed by atoms with van der Waals surface area (Å²) in [5, 5.41) is 3.62. The van der Waals surface area contributed by atoms with Crippen molar-refractivity contribution in [3.8, 4) is 0 Å². The largest absolute Gasteiger partial charge is 0.315 e. The molecule has 2 fully saturated rings. The molecule has 0 aromatic heterocycles. The fraction of sp³-hybridized carbons (Fsp3) is 0.667. The van der Waals surface area contributed by atoms with Crippen LogP contribution in [0.15, 0.2) is 30.3 Å². The van der Waals surface area contributed by atoms with Gasteiger partial charge in [0.25, 0.3) is 0 Å². The molecule has 2 heterocycles. The maximum Gasteiger partial charge on any atom is 0.0261 e. The lowest BCUT2D eigenvalue weighted by Crippen LogP contribution is -2.44. The maximum atomic E-state index is 3.62. The summed E-state index contributed by atoms with van der Waals surface area (Å²) in [6, 6.07) is 11.6. The molecule has 2 aliphatic heterocycles. The molecule has 3 heteroatoms. The molecule has 1 N–H and O–H groups in total. The number of hydrogen-bond donors (Lipinski definition) is 1. The summed E-state index contributed by atoms with van der Waals surface area (Å²) in [5.74, 6) is 0. The van der Waals surface area contributed by atoms with Gasteiger partial charge in [-0.1, -0.05) is 30.3 Å². The van der Waals surface area contributed by atoms with E-state index in [1.54, 1.807) is 0 Å². The minimum absolute atomic E-state index is 0.650. The third-order valence-electron chi connectivity index (χ3n) is 4.91.